The number of benzene rings is 9. The van der Waals surface area contributed by atoms with E-state index in [0.717, 1.165) is 112 Å². The third-order valence-corrected chi connectivity index (χ3v) is 16.8. The number of hydrogen-bond donors (Lipinski definition) is 4. The minimum atomic E-state index is -0.807. The molecule has 0 amide bonds. The summed E-state index contributed by atoms with van der Waals surface area (Å²) >= 11 is 0. The Balaban J connectivity index is 1.17. The first kappa shape index (κ1) is 52.2. The van der Waals surface area contributed by atoms with E-state index in [4.69, 9.17) is 4.42 Å². The lowest BCUT2D eigenvalue weighted by atomic mass is 9.33. The topological polar surface area (TPSA) is 104 Å². The summed E-state index contributed by atoms with van der Waals surface area (Å²) in [4.78, 5) is 6.82. The van der Waals surface area contributed by atoms with Gasteiger partial charge in [-0.2, -0.15) is 0 Å². The molecule has 2 aliphatic heterocycles. The van der Waals surface area contributed by atoms with Gasteiger partial charge >= 0.3 is 0 Å². The molecule has 4 N–H and O–H groups in total. The summed E-state index contributed by atoms with van der Waals surface area (Å²) in [6.45, 7) is 30.6. The molecule has 0 aliphatic carbocycles. The van der Waals surface area contributed by atoms with Gasteiger partial charge in [0, 0.05) is 56.5 Å². The van der Waals surface area contributed by atoms with E-state index in [-0.39, 0.29) is 28.6 Å². The van der Waals surface area contributed by atoms with Crippen molar-refractivity contribution in [3.8, 4) is 34.1 Å². The largest absolute Gasteiger partial charge is 0.504 e. The lowest BCUT2D eigenvalue weighted by Crippen LogP contribution is -2.61. The Morgan fingerprint density at radius 3 is 1.74 bits per heavy atom. The molecular formula is C71H70BN3O5. The van der Waals surface area contributed by atoms with Crippen LogP contribution in [0.4, 0.5) is 51.2 Å². The Hall–Kier alpha value is -8.56. The van der Waals surface area contributed by atoms with Crippen molar-refractivity contribution in [3.05, 3.63) is 190 Å². The predicted molar refractivity (Wildman–Crippen MR) is 334 cm³/mol. The van der Waals surface area contributed by atoms with Gasteiger partial charge in [-0.3, -0.25) is 0 Å². The second-order valence-electron chi connectivity index (χ2n) is 25.6. The van der Waals surface area contributed by atoms with Gasteiger partial charge in [0.1, 0.15) is 11.2 Å². The number of fused-ring (bicyclic) bond motifs is 7. The number of nitrogens with zero attached hydrogens (tertiary/aromatic N) is 3. The molecule has 2 aliphatic rings. The summed E-state index contributed by atoms with van der Waals surface area (Å²) < 4.78 is 6.64. The van der Waals surface area contributed by atoms with Gasteiger partial charge in [0.05, 0.1) is 17.1 Å². The molecule has 12 rings (SSSR count). The fourth-order valence-electron chi connectivity index (χ4n) is 12.7. The van der Waals surface area contributed by atoms with E-state index in [1.165, 1.54) is 28.1 Å². The normalized spacial score (nSPS) is 13.2. The molecule has 0 unspecified atom stereocenters. The molecule has 0 radical (unpaired) electrons. The van der Waals surface area contributed by atoms with Gasteiger partial charge in [0.2, 0.25) is 11.5 Å². The summed E-state index contributed by atoms with van der Waals surface area (Å²) in [5.74, 6) is -2.72. The van der Waals surface area contributed by atoms with Gasteiger partial charge in [0.25, 0.3) is 6.71 Å². The van der Waals surface area contributed by atoms with Gasteiger partial charge in [-0.05, 0) is 178 Å². The van der Waals surface area contributed by atoms with E-state index < -0.39 is 23.0 Å². The Morgan fingerprint density at radius 2 is 1.09 bits per heavy atom. The molecular weight excluding hydrogens is 986 g/mol. The highest BCUT2D eigenvalue weighted by Gasteiger charge is 2.45. The zero-order valence-electron chi connectivity index (χ0n) is 48.5. The van der Waals surface area contributed by atoms with Crippen LogP contribution in [0.5, 0.6) is 23.0 Å². The van der Waals surface area contributed by atoms with Crippen molar-refractivity contribution in [2.75, 3.05) is 14.7 Å². The quantitative estimate of drug-likeness (QED) is 0.0742. The maximum atomic E-state index is 12.0. The number of para-hydroxylation sites is 2. The summed E-state index contributed by atoms with van der Waals surface area (Å²) in [6, 6.07) is 52.2. The van der Waals surface area contributed by atoms with Crippen LogP contribution < -0.4 is 31.1 Å². The van der Waals surface area contributed by atoms with Gasteiger partial charge in [-0.1, -0.05) is 141 Å². The van der Waals surface area contributed by atoms with Crippen molar-refractivity contribution < 1.29 is 24.8 Å². The summed E-state index contributed by atoms with van der Waals surface area (Å²) in [5, 5.41) is 47.5. The maximum Gasteiger partial charge on any atom is 0.252 e. The zero-order valence-corrected chi connectivity index (χ0v) is 48.5. The van der Waals surface area contributed by atoms with E-state index in [9.17, 15) is 20.4 Å². The molecule has 9 aromatic carbocycles. The number of aromatic hydroxyl groups is 4. The van der Waals surface area contributed by atoms with Crippen LogP contribution in [0.3, 0.4) is 0 Å². The number of aryl methyl sites for hydroxylation is 5. The number of anilines is 9. The van der Waals surface area contributed by atoms with Crippen LogP contribution in [0.2, 0.25) is 0 Å². The average Bonchev–Trinajstić information content (AvgIpc) is 3.88. The van der Waals surface area contributed by atoms with Crippen LogP contribution in [0.1, 0.15) is 107 Å². The van der Waals surface area contributed by atoms with Crippen LogP contribution >= 0.6 is 0 Å². The highest BCUT2D eigenvalue weighted by atomic mass is 16.3. The Labute approximate surface area is 470 Å². The Kier molecular flexibility index (Phi) is 11.9. The van der Waals surface area contributed by atoms with Gasteiger partial charge in [0.15, 0.2) is 11.5 Å². The van der Waals surface area contributed by atoms with Crippen LogP contribution in [0, 0.1) is 34.6 Å². The predicted octanol–water partition coefficient (Wildman–Crippen LogP) is 17.1. The summed E-state index contributed by atoms with van der Waals surface area (Å²) in [5.41, 5.74) is 23.5. The molecule has 0 saturated carbocycles. The minimum absolute atomic E-state index is 0.0227. The number of rotatable bonds is 6. The van der Waals surface area contributed by atoms with Crippen molar-refractivity contribution >= 4 is 96.2 Å². The van der Waals surface area contributed by atoms with Crippen LogP contribution in [0.15, 0.2) is 150 Å². The molecule has 80 heavy (non-hydrogen) atoms. The van der Waals surface area contributed by atoms with Crippen molar-refractivity contribution in [2.45, 2.75) is 113 Å². The number of phenols is 4. The SMILES string of the molecule is Cc1cc2c3c(c1)N(c1c(C)cc(-c4cccc5c4oc4ccccc45)cc1C)c1cc(N(c4cc(O)c(O)c(O)c4O)c4c(C)cc(C(C)(C)C)cc4C)ccc1B3c1cc(C(C)(C)C)ccc1N2c1ccc(C(C)(C)C)cc1. The zero-order chi connectivity index (χ0) is 56.8. The first-order chi connectivity index (χ1) is 37.8. The lowest BCUT2D eigenvalue weighted by molar-refractivity contribution is 0.346. The molecule has 0 saturated heterocycles. The highest BCUT2D eigenvalue weighted by molar-refractivity contribution is 7.00. The fraction of sp³-hybridized carbons (Fsp3) is 0.239. The number of furan rings is 1. The third kappa shape index (κ3) is 8.26. The van der Waals surface area contributed by atoms with E-state index in [1.54, 1.807) is 0 Å². The van der Waals surface area contributed by atoms with E-state index in [1.807, 2.05) is 17.0 Å². The molecule has 0 atom stereocenters. The number of hydrogen-bond acceptors (Lipinski definition) is 8. The van der Waals surface area contributed by atoms with Crippen molar-refractivity contribution in [1.29, 1.82) is 0 Å². The molecule has 0 spiro atoms. The smallest absolute Gasteiger partial charge is 0.252 e. The second-order valence-corrected chi connectivity index (χ2v) is 25.6. The van der Waals surface area contributed by atoms with Crippen molar-refractivity contribution in [1.82, 2.24) is 0 Å². The van der Waals surface area contributed by atoms with Crippen molar-refractivity contribution in [3.63, 3.8) is 0 Å². The van der Waals surface area contributed by atoms with Crippen LogP contribution in [0.25, 0.3) is 33.1 Å². The summed E-state index contributed by atoms with van der Waals surface area (Å²) in [7, 11) is 0. The first-order valence-electron chi connectivity index (χ1n) is 27.8. The molecule has 3 heterocycles. The molecule has 8 nitrogen and oxygen atoms in total. The van der Waals surface area contributed by atoms with E-state index >= 15 is 0 Å². The molecule has 10 aromatic rings. The maximum absolute atomic E-state index is 12.0. The van der Waals surface area contributed by atoms with Gasteiger partial charge in [-0.25, -0.2) is 0 Å². The standard InChI is InChI=1S/C71H70BN3O5/c1-39-30-57-62-58(31-39)75(64-40(2)32-44(33-41(64)3)50-19-17-20-52-51-18-15-16-21-61(51)80-68(50)52)56-37-49(74(59-38-60(76)66(78)67(79)65(59)77)63-42(4)34-47(35-43(63)5)71(12,13)14)27-28-53(56)72(62)54-36-46(70(9,10)11)24-29-55(54)73(57)48-25-22-45(23-26-48)69(6,7)8/h15-38,76-79H,1-14H3. The van der Waals surface area contributed by atoms with Gasteiger partial charge in [-0.15, -0.1) is 0 Å². The van der Waals surface area contributed by atoms with Gasteiger partial charge < -0.3 is 39.5 Å². The lowest BCUT2D eigenvalue weighted by Gasteiger charge is -2.45. The van der Waals surface area contributed by atoms with E-state index in [0.29, 0.717) is 5.69 Å². The molecule has 0 fully saturated rings. The van der Waals surface area contributed by atoms with Crippen molar-refractivity contribution in [2.24, 2.45) is 0 Å². The Morgan fingerprint density at radius 1 is 0.475 bits per heavy atom. The summed E-state index contributed by atoms with van der Waals surface area (Å²) in [6.07, 6.45) is 0. The monoisotopic (exact) mass is 1060 g/mol. The molecule has 1 aromatic heterocycles. The molecule has 402 valence electrons. The van der Waals surface area contributed by atoms with Crippen LogP contribution in [-0.4, -0.2) is 27.1 Å². The minimum Gasteiger partial charge on any atom is -0.504 e. The average molecular weight is 1060 g/mol. The Bertz CT molecular complexity index is 4160. The van der Waals surface area contributed by atoms with Crippen LogP contribution in [-0.2, 0) is 16.2 Å². The highest BCUT2D eigenvalue weighted by Crippen LogP contribution is 2.55. The second kappa shape index (κ2) is 18.2. The number of phenolic OH excluding ortho intramolecular Hbond substituents is 4. The van der Waals surface area contributed by atoms with E-state index in [2.05, 4.69) is 234 Å². The third-order valence-electron chi connectivity index (χ3n) is 16.8. The molecule has 9 heteroatoms. The molecule has 0 bridgehead atoms. The first-order valence-corrected chi connectivity index (χ1v) is 27.8. The fourth-order valence-corrected chi connectivity index (χ4v) is 12.7.